The van der Waals surface area contributed by atoms with Gasteiger partial charge in [0, 0.05) is 6.42 Å². The number of carbonyl (C=O) groups is 1. The third kappa shape index (κ3) is 46.5. The van der Waals surface area contributed by atoms with Gasteiger partial charge in [0.25, 0.3) is 0 Å². The van der Waals surface area contributed by atoms with Crippen LogP contribution >= 0.6 is 7.82 Å². The molecule has 0 aromatic carbocycles. The van der Waals surface area contributed by atoms with Gasteiger partial charge in [0.2, 0.25) is 0 Å². The Balaban J connectivity index is -0.00000108. The highest BCUT2D eigenvalue weighted by molar-refractivity contribution is 7.45. The second-order valence-corrected chi connectivity index (χ2v) is 9.05. The van der Waals surface area contributed by atoms with Crippen LogP contribution in [0.5, 0.6) is 0 Å². The summed E-state index contributed by atoms with van der Waals surface area (Å²) in [6.45, 7) is 2.28. The highest BCUT2D eigenvalue weighted by atomic mass is 31.2. The summed E-state index contributed by atoms with van der Waals surface area (Å²) < 4.78 is 8.88. The fourth-order valence-electron chi connectivity index (χ4n) is 3.35. The maximum atomic E-state index is 10.4. The maximum Gasteiger partial charge on any atom is 0.466 e. The summed E-state index contributed by atoms with van der Waals surface area (Å²) in [5.74, 6) is -0.651. The molecule has 0 amide bonds. The summed E-state index contributed by atoms with van der Waals surface area (Å²) in [6, 6.07) is 0. The van der Waals surface area contributed by atoms with Crippen LogP contribution in [0.4, 0.5) is 0 Å². The van der Waals surface area contributed by atoms with E-state index in [0.29, 0.717) is 6.42 Å². The van der Waals surface area contributed by atoms with Crippen molar-refractivity contribution in [3.05, 3.63) is 0 Å². The van der Waals surface area contributed by atoms with Gasteiger partial charge in [0.15, 0.2) is 0 Å². The van der Waals surface area contributed by atoms with Crippen LogP contribution in [-0.2, 0) is 9.36 Å². The van der Waals surface area contributed by atoms with Crippen molar-refractivity contribution in [3.8, 4) is 0 Å². The largest absolute Gasteiger partial charge is 0.481 e. The van der Waals surface area contributed by atoms with E-state index >= 15 is 0 Å². The molecule has 4 N–H and O–H groups in total. The number of phosphoric acid groups is 1. The fraction of sp³-hybridized carbons (Fsp3) is 0.955. The van der Waals surface area contributed by atoms with Gasteiger partial charge in [-0.25, -0.2) is 4.57 Å². The predicted octanol–water partition coefficient (Wildman–Crippen LogP) is 6.05. The van der Waals surface area contributed by atoms with Crippen LogP contribution in [0.15, 0.2) is 0 Å². The quantitative estimate of drug-likeness (QED) is 0.0990. The molecule has 0 rings (SSSR count). The lowest BCUT2D eigenvalue weighted by molar-refractivity contribution is -0.137. The summed E-state index contributed by atoms with van der Waals surface area (Å²) in [6.07, 6.45) is 26.1. The highest BCUT2D eigenvalue weighted by Gasteiger charge is 2.00. The van der Waals surface area contributed by atoms with Crippen LogP contribution in [0.2, 0.25) is 0 Å². The molecule has 6 nitrogen and oxygen atoms in total. The second kappa shape index (κ2) is 27.4. The first-order valence-electron chi connectivity index (χ1n) is 11.8. The molecule has 0 spiro atoms. The molecule has 0 radical (unpaired) electrons. The van der Waals surface area contributed by atoms with Gasteiger partial charge in [-0.05, 0) is 6.42 Å². The van der Waals surface area contributed by atoms with E-state index in [4.69, 9.17) is 24.4 Å². The summed E-state index contributed by atoms with van der Waals surface area (Å²) >= 11 is 0. The number of carboxylic acid groups (broad SMARTS) is 1. The predicted molar refractivity (Wildman–Crippen MR) is 128 cm³/mol. The molecule has 0 aromatic heterocycles. The molecule has 30 heavy (non-hydrogen) atoms. The van der Waals surface area contributed by atoms with E-state index in [1.165, 1.54) is 109 Å². The molecule has 0 bridgehead atoms. The minimum absolute atomic E-state index is 0. The van der Waals surface area contributed by atoms with Crippen molar-refractivity contribution < 1.29 is 29.1 Å². The van der Waals surface area contributed by atoms with Crippen LogP contribution in [0.1, 0.15) is 135 Å². The van der Waals surface area contributed by atoms with Crippen LogP contribution < -0.4 is 0 Å². The van der Waals surface area contributed by atoms with Crippen LogP contribution in [0, 0.1) is 0 Å². The van der Waals surface area contributed by atoms with Crippen molar-refractivity contribution in [1.29, 1.82) is 0 Å². The zero-order valence-electron chi connectivity index (χ0n) is 18.7. The normalized spacial score (nSPS) is 10.8. The van der Waals surface area contributed by atoms with Crippen LogP contribution in [0.25, 0.3) is 0 Å². The summed E-state index contributed by atoms with van der Waals surface area (Å²) in [7, 11) is -4.64. The minimum Gasteiger partial charge on any atom is -0.481 e. The molecule has 180 valence electrons. The van der Waals surface area contributed by atoms with Gasteiger partial charge in [-0.15, -0.1) is 0 Å². The van der Waals surface area contributed by atoms with E-state index in [0.717, 1.165) is 12.8 Å². The fourth-order valence-corrected chi connectivity index (χ4v) is 3.35. The molecule has 0 aromatic rings. The Hall–Kier alpha value is 0.346. The van der Waals surface area contributed by atoms with Crippen molar-refractivity contribution in [1.82, 2.24) is 0 Å². The van der Waals surface area contributed by atoms with Gasteiger partial charge >= 0.3 is 36.8 Å². The Morgan fingerprint density at radius 2 is 0.767 bits per heavy atom. The topological polar surface area (TPSA) is 115 Å². The zero-order valence-corrected chi connectivity index (χ0v) is 19.6. The van der Waals surface area contributed by atoms with E-state index < -0.39 is 13.8 Å². The average molecular weight is 465 g/mol. The SMILES string of the molecule is CCCCCCCCCCCCCCCCCCCCCC(=O)O.O=P(O)(O)O.[MgH2]. The lowest BCUT2D eigenvalue weighted by Gasteiger charge is -2.03. The van der Waals surface area contributed by atoms with E-state index in [1.807, 2.05) is 0 Å². The number of unbranched alkanes of at least 4 members (excludes halogenated alkanes) is 18. The third-order valence-electron chi connectivity index (χ3n) is 4.99. The summed E-state index contributed by atoms with van der Waals surface area (Å²) in [4.78, 5) is 31.9. The first kappa shape index (κ1) is 34.9. The molecule has 0 aliphatic carbocycles. The van der Waals surface area contributed by atoms with Gasteiger partial charge in [-0.2, -0.15) is 0 Å². The second-order valence-electron chi connectivity index (χ2n) is 8.02. The van der Waals surface area contributed by atoms with E-state index in [-0.39, 0.29) is 23.1 Å². The lowest BCUT2D eigenvalue weighted by Crippen LogP contribution is -1.93. The molecular weight excluding hydrogens is 416 g/mol. The Kier molecular flexibility index (Phi) is 31.9. The Bertz CT molecular complexity index is 382. The molecule has 0 atom stereocenters. The molecule has 0 aliphatic rings. The third-order valence-corrected chi connectivity index (χ3v) is 4.99. The molecule has 0 saturated carbocycles. The van der Waals surface area contributed by atoms with Crippen LogP contribution in [0.3, 0.4) is 0 Å². The van der Waals surface area contributed by atoms with Crippen molar-refractivity contribution >= 4 is 36.8 Å². The Morgan fingerprint density at radius 1 is 0.567 bits per heavy atom. The summed E-state index contributed by atoms with van der Waals surface area (Å²) in [5, 5.41) is 8.56. The van der Waals surface area contributed by atoms with Crippen molar-refractivity contribution in [3.63, 3.8) is 0 Å². The van der Waals surface area contributed by atoms with Gasteiger partial charge in [0.05, 0.1) is 0 Å². The van der Waals surface area contributed by atoms with Crippen molar-refractivity contribution in [2.24, 2.45) is 0 Å². The average Bonchev–Trinajstić information content (AvgIpc) is 2.62. The van der Waals surface area contributed by atoms with Gasteiger partial charge in [-0.3, -0.25) is 4.79 Å². The van der Waals surface area contributed by atoms with E-state index in [1.54, 1.807) is 0 Å². The molecule has 0 saturated heterocycles. The number of rotatable bonds is 20. The molecule has 0 aliphatic heterocycles. The lowest BCUT2D eigenvalue weighted by atomic mass is 10.0. The van der Waals surface area contributed by atoms with Crippen LogP contribution in [-0.4, -0.2) is 48.8 Å². The zero-order chi connectivity index (χ0) is 22.2. The smallest absolute Gasteiger partial charge is 0.466 e. The van der Waals surface area contributed by atoms with Gasteiger partial charge in [0.1, 0.15) is 0 Å². The van der Waals surface area contributed by atoms with Gasteiger partial charge < -0.3 is 19.8 Å². The van der Waals surface area contributed by atoms with Crippen molar-refractivity contribution in [2.45, 2.75) is 135 Å². The number of hydrogen-bond acceptors (Lipinski definition) is 2. The Morgan fingerprint density at radius 3 is 0.967 bits per heavy atom. The summed E-state index contributed by atoms with van der Waals surface area (Å²) in [5.41, 5.74) is 0. The number of aliphatic carboxylic acids is 1. The molecular formula is C22H49MgO6P. The van der Waals surface area contributed by atoms with Crippen molar-refractivity contribution in [2.75, 3.05) is 0 Å². The molecule has 8 heteroatoms. The Labute approximate surface area is 201 Å². The molecule has 0 unspecified atom stereocenters. The van der Waals surface area contributed by atoms with E-state index in [2.05, 4.69) is 6.92 Å². The monoisotopic (exact) mass is 464 g/mol. The van der Waals surface area contributed by atoms with E-state index in [9.17, 15) is 4.79 Å². The first-order valence-corrected chi connectivity index (χ1v) is 13.3. The number of hydrogen-bond donors (Lipinski definition) is 4. The molecule has 0 heterocycles. The first-order chi connectivity index (χ1) is 13.8. The number of carboxylic acids is 1. The maximum absolute atomic E-state index is 10.4. The minimum atomic E-state index is -4.64. The van der Waals surface area contributed by atoms with Gasteiger partial charge in [-0.1, -0.05) is 122 Å². The standard InChI is InChI=1S/C22H44O2.Mg.H3O4P.2H/c1-2-3-4-5-6-7-8-9-10-11-12-13-14-15-16-17-18-19-20-21-22(23)24;;1-5(2,3)4;;/h2-21H2,1H3,(H,23,24);;(H3,1,2,3,4);;. The highest BCUT2D eigenvalue weighted by Crippen LogP contribution is 2.25. The molecule has 0 fully saturated rings.